The predicted octanol–water partition coefficient (Wildman–Crippen LogP) is 2.64. The molecule has 108 valence electrons. The summed E-state index contributed by atoms with van der Waals surface area (Å²) in [6.07, 6.45) is 2.07. The molecule has 1 aromatic rings. The molecule has 0 atom stereocenters. The largest absolute Gasteiger partial charge is 0.496 e. The van der Waals surface area contributed by atoms with Gasteiger partial charge in [0, 0.05) is 6.54 Å². The Kier molecular flexibility index (Phi) is 6.89. The van der Waals surface area contributed by atoms with E-state index in [0.29, 0.717) is 5.92 Å². The van der Waals surface area contributed by atoms with E-state index in [1.54, 1.807) is 7.11 Å². The maximum Gasteiger partial charge on any atom is 0.122 e. The van der Waals surface area contributed by atoms with Gasteiger partial charge >= 0.3 is 0 Å². The number of benzene rings is 1. The molecule has 3 heteroatoms. The van der Waals surface area contributed by atoms with Crippen LogP contribution in [0.5, 0.6) is 5.75 Å². The van der Waals surface area contributed by atoms with Crippen molar-refractivity contribution >= 4 is 0 Å². The smallest absolute Gasteiger partial charge is 0.122 e. The lowest BCUT2D eigenvalue weighted by Crippen LogP contribution is -2.24. The highest BCUT2D eigenvalue weighted by Crippen LogP contribution is 2.25. The van der Waals surface area contributed by atoms with E-state index >= 15 is 0 Å². The van der Waals surface area contributed by atoms with Crippen LogP contribution in [0.25, 0.3) is 0 Å². The number of methoxy groups -OCH3 is 1. The number of rotatable bonds is 8. The minimum absolute atomic E-state index is 0.537. The number of hydrogen-bond acceptors (Lipinski definition) is 3. The Balaban J connectivity index is 2.62. The first-order valence-corrected chi connectivity index (χ1v) is 7.14. The van der Waals surface area contributed by atoms with E-state index in [-0.39, 0.29) is 0 Å². The summed E-state index contributed by atoms with van der Waals surface area (Å²) in [6, 6.07) is 6.58. The lowest BCUT2D eigenvalue weighted by atomic mass is 10.00. The van der Waals surface area contributed by atoms with Crippen LogP contribution in [0, 0.1) is 0 Å². The van der Waals surface area contributed by atoms with E-state index < -0.39 is 0 Å². The van der Waals surface area contributed by atoms with Crippen molar-refractivity contribution in [2.24, 2.45) is 5.73 Å². The Hall–Kier alpha value is -1.06. The van der Waals surface area contributed by atoms with Crippen molar-refractivity contribution < 1.29 is 4.74 Å². The van der Waals surface area contributed by atoms with Gasteiger partial charge in [0.1, 0.15) is 5.75 Å². The summed E-state index contributed by atoms with van der Waals surface area (Å²) >= 11 is 0. The van der Waals surface area contributed by atoms with Gasteiger partial charge in [-0.05, 0) is 56.1 Å². The molecule has 0 saturated carbocycles. The van der Waals surface area contributed by atoms with Crippen LogP contribution in [0.3, 0.4) is 0 Å². The lowest BCUT2D eigenvalue weighted by Gasteiger charge is -2.18. The monoisotopic (exact) mass is 264 g/mol. The van der Waals surface area contributed by atoms with Crippen LogP contribution in [0.15, 0.2) is 18.2 Å². The van der Waals surface area contributed by atoms with E-state index in [9.17, 15) is 0 Å². The summed E-state index contributed by atoms with van der Waals surface area (Å²) in [7, 11) is 3.89. The second kappa shape index (κ2) is 8.18. The molecular weight excluding hydrogens is 236 g/mol. The van der Waals surface area contributed by atoms with Gasteiger partial charge in [0.2, 0.25) is 0 Å². The quantitative estimate of drug-likeness (QED) is 0.784. The molecule has 1 rings (SSSR count). The van der Waals surface area contributed by atoms with Crippen molar-refractivity contribution in [1.29, 1.82) is 0 Å². The van der Waals surface area contributed by atoms with Crippen molar-refractivity contribution in [3.05, 3.63) is 29.3 Å². The van der Waals surface area contributed by atoms with Crippen molar-refractivity contribution in [2.75, 3.05) is 33.8 Å². The van der Waals surface area contributed by atoms with E-state index in [2.05, 4.69) is 44.0 Å². The molecule has 0 aliphatic rings. The van der Waals surface area contributed by atoms with Gasteiger partial charge in [0.25, 0.3) is 0 Å². The molecule has 19 heavy (non-hydrogen) atoms. The standard InChI is InChI=1S/C16H28N2O/c1-13(2)15-7-6-14(16(12-15)19-4)8-11-18(3)10-5-9-17/h6-7,12-13H,5,8-11,17H2,1-4H3. The highest BCUT2D eigenvalue weighted by Gasteiger charge is 2.08. The van der Waals surface area contributed by atoms with E-state index in [4.69, 9.17) is 10.5 Å². The number of likely N-dealkylation sites (N-methyl/N-ethyl adjacent to an activating group) is 1. The van der Waals surface area contributed by atoms with Crippen LogP contribution in [0.2, 0.25) is 0 Å². The highest BCUT2D eigenvalue weighted by atomic mass is 16.5. The van der Waals surface area contributed by atoms with Crippen LogP contribution >= 0.6 is 0 Å². The molecule has 0 heterocycles. The van der Waals surface area contributed by atoms with Crippen molar-refractivity contribution in [3.63, 3.8) is 0 Å². The zero-order valence-electron chi connectivity index (χ0n) is 12.8. The molecule has 0 spiro atoms. The van der Waals surface area contributed by atoms with Gasteiger partial charge in [-0.25, -0.2) is 0 Å². The molecule has 0 aliphatic carbocycles. The Labute approximate surface area is 117 Å². The molecule has 0 bridgehead atoms. The number of ether oxygens (including phenoxy) is 1. The third-order valence-electron chi connectivity index (χ3n) is 3.48. The molecule has 0 unspecified atom stereocenters. The molecule has 0 radical (unpaired) electrons. The molecule has 0 amide bonds. The zero-order valence-corrected chi connectivity index (χ0v) is 12.8. The van der Waals surface area contributed by atoms with Gasteiger partial charge in [0.15, 0.2) is 0 Å². The number of hydrogen-bond donors (Lipinski definition) is 1. The molecule has 3 nitrogen and oxygen atoms in total. The Bertz CT molecular complexity index is 377. The first-order chi connectivity index (χ1) is 9.08. The van der Waals surface area contributed by atoms with Gasteiger partial charge in [-0.1, -0.05) is 26.0 Å². The summed E-state index contributed by atoms with van der Waals surface area (Å²) in [5.41, 5.74) is 8.14. The molecule has 1 aromatic carbocycles. The van der Waals surface area contributed by atoms with Crippen molar-refractivity contribution in [3.8, 4) is 5.75 Å². The topological polar surface area (TPSA) is 38.5 Å². The Morgan fingerprint density at radius 3 is 2.58 bits per heavy atom. The summed E-state index contributed by atoms with van der Waals surface area (Å²) in [5, 5.41) is 0. The van der Waals surface area contributed by atoms with Crippen molar-refractivity contribution in [2.45, 2.75) is 32.6 Å². The first-order valence-electron chi connectivity index (χ1n) is 7.14. The van der Waals surface area contributed by atoms with Gasteiger partial charge < -0.3 is 15.4 Å². The maximum atomic E-state index is 5.53. The summed E-state index contributed by atoms with van der Waals surface area (Å²) < 4.78 is 5.51. The molecule has 0 aliphatic heterocycles. The fourth-order valence-electron chi connectivity index (χ4n) is 2.11. The van der Waals surface area contributed by atoms with Crippen LogP contribution < -0.4 is 10.5 Å². The second-order valence-electron chi connectivity index (χ2n) is 5.42. The number of nitrogens with two attached hydrogens (primary N) is 1. The normalized spacial score (nSPS) is 11.3. The molecule has 0 aromatic heterocycles. The van der Waals surface area contributed by atoms with Crippen LogP contribution in [0.4, 0.5) is 0 Å². The third kappa shape index (κ3) is 5.21. The second-order valence-corrected chi connectivity index (χ2v) is 5.42. The van der Waals surface area contributed by atoms with Gasteiger partial charge in [0.05, 0.1) is 7.11 Å². The van der Waals surface area contributed by atoms with E-state index in [1.807, 2.05) is 0 Å². The summed E-state index contributed by atoms with van der Waals surface area (Å²) in [5.74, 6) is 1.55. The highest BCUT2D eigenvalue weighted by molar-refractivity contribution is 5.38. The van der Waals surface area contributed by atoms with Crippen LogP contribution in [0.1, 0.15) is 37.3 Å². The van der Waals surface area contributed by atoms with Crippen LogP contribution in [-0.2, 0) is 6.42 Å². The van der Waals surface area contributed by atoms with Gasteiger partial charge in [-0.3, -0.25) is 0 Å². The Morgan fingerprint density at radius 1 is 1.26 bits per heavy atom. The fourth-order valence-corrected chi connectivity index (χ4v) is 2.11. The number of nitrogens with zero attached hydrogens (tertiary/aromatic N) is 1. The van der Waals surface area contributed by atoms with Crippen LogP contribution in [-0.4, -0.2) is 38.7 Å². The zero-order chi connectivity index (χ0) is 14.3. The summed E-state index contributed by atoms with van der Waals surface area (Å²) in [6.45, 7) is 7.26. The lowest BCUT2D eigenvalue weighted by molar-refractivity contribution is 0.332. The molecule has 0 saturated heterocycles. The predicted molar refractivity (Wildman–Crippen MR) is 82.0 cm³/mol. The molecular formula is C16H28N2O. The van der Waals surface area contributed by atoms with Crippen molar-refractivity contribution in [1.82, 2.24) is 4.90 Å². The van der Waals surface area contributed by atoms with E-state index in [0.717, 1.165) is 38.2 Å². The fraction of sp³-hybridized carbons (Fsp3) is 0.625. The summed E-state index contributed by atoms with van der Waals surface area (Å²) in [4.78, 5) is 2.32. The minimum atomic E-state index is 0.537. The maximum absolute atomic E-state index is 5.53. The Morgan fingerprint density at radius 2 is 2.00 bits per heavy atom. The van der Waals surface area contributed by atoms with E-state index in [1.165, 1.54) is 11.1 Å². The minimum Gasteiger partial charge on any atom is -0.496 e. The van der Waals surface area contributed by atoms with Gasteiger partial charge in [-0.2, -0.15) is 0 Å². The third-order valence-corrected chi connectivity index (χ3v) is 3.48. The average Bonchev–Trinajstić information content (AvgIpc) is 2.42. The average molecular weight is 264 g/mol. The molecule has 0 fully saturated rings. The van der Waals surface area contributed by atoms with Gasteiger partial charge in [-0.15, -0.1) is 0 Å². The molecule has 2 N–H and O–H groups in total. The SMILES string of the molecule is COc1cc(C(C)C)ccc1CCN(C)CCCN. The first kappa shape index (κ1) is 16.0.